The third-order valence-electron chi connectivity index (χ3n) is 3.83. The molecule has 0 aliphatic carbocycles. The van der Waals surface area contributed by atoms with Crippen LogP contribution in [0, 0.1) is 6.92 Å². The fourth-order valence-corrected chi connectivity index (χ4v) is 3.31. The highest BCUT2D eigenvalue weighted by Crippen LogP contribution is 2.16. The first-order valence-corrected chi connectivity index (χ1v) is 8.56. The summed E-state index contributed by atoms with van der Waals surface area (Å²) < 4.78 is 0. The van der Waals surface area contributed by atoms with Crippen LogP contribution in [-0.4, -0.2) is 58.4 Å². The van der Waals surface area contributed by atoms with E-state index in [4.69, 9.17) is 0 Å². The molecule has 0 radical (unpaired) electrons. The lowest BCUT2D eigenvalue weighted by molar-refractivity contribution is -0.117. The summed E-state index contributed by atoms with van der Waals surface area (Å²) >= 11 is 1.50. The van der Waals surface area contributed by atoms with Crippen LogP contribution in [0.15, 0.2) is 30.7 Å². The summed E-state index contributed by atoms with van der Waals surface area (Å²) in [6, 6.07) is 4.07. The number of nitrogens with zero attached hydrogens (tertiary/aromatic N) is 4. The third kappa shape index (κ3) is 4.82. The molecule has 0 atom stereocenters. The Morgan fingerprint density at radius 3 is 2.70 bits per heavy atom. The van der Waals surface area contributed by atoms with Gasteiger partial charge in [-0.05, 0) is 18.6 Å². The van der Waals surface area contributed by atoms with Crippen molar-refractivity contribution in [3.8, 4) is 0 Å². The van der Waals surface area contributed by atoms with Crippen molar-refractivity contribution in [1.29, 1.82) is 0 Å². The molecular weight excluding hydrogens is 310 g/mol. The van der Waals surface area contributed by atoms with E-state index in [1.165, 1.54) is 16.9 Å². The lowest BCUT2D eigenvalue weighted by atomic mass is 10.2. The number of hydrogen-bond acceptors (Lipinski definition) is 6. The summed E-state index contributed by atoms with van der Waals surface area (Å²) in [5.41, 5.74) is 1.23. The lowest BCUT2D eigenvalue weighted by Crippen LogP contribution is -2.48. The lowest BCUT2D eigenvalue weighted by Gasteiger charge is -2.34. The second kappa shape index (κ2) is 7.63. The van der Waals surface area contributed by atoms with Gasteiger partial charge in [-0.3, -0.25) is 19.6 Å². The minimum absolute atomic E-state index is 0.0139. The molecular formula is C16H21N5OS. The van der Waals surface area contributed by atoms with E-state index in [0.717, 1.165) is 37.6 Å². The topological polar surface area (TPSA) is 61.4 Å². The van der Waals surface area contributed by atoms with Crippen molar-refractivity contribution < 1.29 is 4.79 Å². The zero-order chi connectivity index (χ0) is 16.1. The van der Waals surface area contributed by atoms with Crippen LogP contribution in [0.25, 0.3) is 0 Å². The summed E-state index contributed by atoms with van der Waals surface area (Å²) in [5.74, 6) is 0.0139. The van der Waals surface area contributed by atoms with Crippen molar-refractivity contribution in [3.05, 3.63) is 41.2 Å². The number of aromatic nitrogens is 2. The fourth-order valence-electron chi connectivity index (χ4n) is 2.63. The first-order chi connectivity index (χ1) is 11.2. The van der Waals surface area contributed by atoms with Gasteiger partial charge in [0, 0.05) is 56.2 Å². The molecule has 1 N–H and O–H groups in total. The van der Waals surface area contributed by atoms with Gasteiger partial charge in [-0.15, -0.1) is 11.3 Å². The van der Waals surface area contributed by atoms with Gasteiger partial charge in [0.25, 0.3) is 0 Å². The highest BCUT2D eigenvalue weighted by Gasteiger charge is 2.19. The standard InChI is InChI=1S/C16H21N5OS/c1-13-9-18-16(23-13)19-15(22)12-21-7-5-20(6-8-21)11-14-3-2-4-17-10-14/h2-4,9-10H,5-8,11-12H2,1H3,(H,18,19,22). The maximum atomic E-state index is 12.1. The summed E-state index contributed by atoms with van der Waals surface area (Å²) in [7, 11) is 0. The summed E-state index contributed by atoms with van der Waals surface area (Å²) in [6.45, 7) is 7.09. The number of amides is 1. The molecule has 1 amide bonds. The van der Waals surface area contributed by atoms with E-state index in [2.05, 4.69) is 31.2 Å². The maximum absolute atomic E-state index is 12.1. The molecule has 1 saturated heterocycles. The van der Waals surface area contributed by atoms with Gasteiger partial charge in [0.1, 0.15) is 0 Å². The molecule has 6 nitrogen and oxygen atoms in total. The SMILES string of the molecule is Cc1cnc(NC(=O)CN2CCN(Cc3cccnc3)CC2)s1. The predicted molar refractivity (Wildman–Crippen MR) is 91.4 cm³/mol. The van der Waals surface area contributed by atoms with Crippen molar-refractivity contribution in [2.24, 2.45) is 0 Å². The van der Waals surface area contributed by atoms with Crippen molar-refractivity contribution in [2.45, 2.75) is 13.5 Å². The van der Waals surface area contributed by atoms with E-state index in [0.29, 0.717) is 11.7 Å². The first kappa shape index (κ1) is 16.0. The second-order valence-electron chi connectivity index (χ2n) is 5.74. The molecule has 0 aromatic carbocycles. The van der Waals surface area contributed by atoms with E-state index < -0.39 is 0 Å². The molecule has 0 saturated carbocycles. The maximum Gasteiger partial charge on any atom is 0.240 e. The number of pyridine rings is 1. The number of piperazine rings is 1. The van der Waals surface area contributed by atoms with Gasteiger partial charge in [0.2, 0.25) is 5.91 Å². The number of carbonyl (C=O) groups excluding carboxylic acids is 1. The molecule has 7 heteroatoms. The van der Waals surface area contributed by atoms with Crippen LogP contribution >= 0.6 is 11.3 Å². The molecule has 1 fully saturated rings. The fraction of sp³-hybridized carbons (Fsp3) is 0.438. The molecule has 122 valence electrons. The van der Waals surface area contributed by atoms with Gasteiger partial charge in [0.15, 0.2) is 5.13 Å². The average Bonchev–Trinajstić information content (AvgIpc) is 2.95. The highest BCUT2D eigenvalue weighted by atomic mass is 32.1. The molecule has 0 unspecified atom stereocenters. The highest BCUT2D eigenvalue weighted by molar-refractivity contribution is 7.15. The normalized spacial score (nSPS) is 16.4. The van der Waals surface area contributed by atoms with Crippen LogP contribution < -0.4 is 5.32 Å². The van der Waals surface area contributed by atoms with Crippen LogP contribution in [0.3, 0.4) is 0 Å². The number of carbonyl (C=O) groups is 1. The molecule has 2 aromatic heterocycles. The van der Waals surface area contributed by atoms with Crippen LogP contribution in [0.5, 0.6) is 0 Å². The quantitative estimate of drug-likeness (QED) is 0.902. The Balaban J connectivity index is 1.41. The van der Waals surface area contributed by atoms with Gasteiger partial charge >= 0.3 is 0 Å². The van der Waals surface area contributed by atoms with E-state index in [1.807, 2.05) is 19.2 Å². The first-order valence-electron chi connectivity index (χ1n) is 7.75. The van der Waals surface area contributed by atoms with E-state index in [9.17, 15) is 4.79 Å². The summed E-state index contributed by atoms with van der Waals surface area (Å²) in [4.78, 5) is 26.1. The number of anilines is 1. The molecule has 1 aliphatic heterocycles. The van der Waals surface area contributed by atoms with Crippen molar-refractivity contribution in [3.63, 3.8) is 0 Å². The minimum atomic E-state index is 0.0139. The molecule has 0 spiro atoms. The van der Waals surface area contributed by atoms with Crippen LogP contribution in [0.1, 0.15) is 10.4 Å². The van der Waals surface area contributed by atoms with Gasteiger partial charge in [-0.1, -0.05) is 6.07 Å². The van der Waals surface area contributed by atoms with Crippen LogP contribution in [0.2, 0.25) is 0 Å². The second-order valence-corrected chi connectivity index (χ2v) is 6.97. The van der Waals surface area contributed by atoms with Crippen LogP contribution in [-0.2, 0) is 11.3 Å². The Morgan fingerprint density at radius 2 is 2.04 bits per heavy atom. The van der Waals surface area contributed by atoms with Gasteiger partial charge in [0.05, 0.1) is 6.54 Å². The Kier molecular flexibility index (Phi) is 5.32. The Bertz CT molecular complexity index is 637. The Hall–Kier alpha value is -1.83. The van der Waals surface area contributed by atoms with E-state index in [1.54, 1.807) is 12.4 Å². The molecule has 23 heavy (non-hydrogen) atoms. The summed E-state index contributed by atoms with van der Waals surface area (Å²) in [5, 5.41) is 3.55. The number of nitrogens with one attached hydrogen (secondary N) is 1. The predicted octanol–water partition coefficient (Wildman–Crippen LogP) is 1.60. The van der Waals surface area contributed by atoms with Gasteiger partial charge in [-0.25, -0.2) is 4.98 Å². The van der Waals surface area contributed by atoms with Crippen molar-refractivity contribution in [1.82, 2.24) is 19.8 Å². The molecule has 0 bridgehead atoms. The van der Waals surface area contributed by atoms with Gasteiger partial charge < -0.3 is 5.32 Å². The monoisotopic (exact) mass is 331 g/mol. The van der Waals surface area contributed by atoms with Crippen molar-refractivity contribution in [2.75, 3.05) is 38.0 Å². The van der Waals surface area contributed by atoms with E-state index >= 15 is 0 Å². The number of thiazole rings is 1. The van der Waals surface area contributed by atoms with Gasteiger partial charge in [-0.2, -0.15) is 0 Å². The largest absolute Gasteiger partial charge is 0.301 e. The number of aryl methyl sites for hydroxylation is 1. The Morgan fingerprint density at radius 1 is 1.26 bits per heavy atom. The molecule has 3 heterocycles. The molecule has 3 rings (SSSR count). The molecule has 1 aliphatic rings. The molecule has 2 aromatic rings. The summed E-state index contributed by atoms with van der Waals surface area (Å²) in [6.07, 6.45) is 5.48. The van der Waals surface area contributed by atoms with Crippen molar-refractivity contribution >= 4 is 22.4 Å². The third-order valence-corrected chi connectivity index (χ3v) is 4.66. The zero-order valence-corrected chi connectivity index (χ0v) is 14.1. The zero-order valence-electron chi connectivity index (χ0n) is 13.2. The van der Waals surface area contributed by atoms with E-state index in [-0.39, 0.29) is 5.91 Å². The number of rotatable bonds is 5. The van der Waals surface area contributed by atoms with Crippen LogP contribution in [0.4, 0.5) is 5.13 Å². The smallest absolute Gasteiger partial charge is 0.240 e. The average molecular weight is 331 g/mol. The Labute approximate surface area is 140 Å². The minimum Gasteiger partial charge on any atom is -0.301 e. The number of hydrogen-bond donors (Lipinski definition) is 1.